The van der Waals surface area contributed by atoms with Crippen LogP contribution in [0, 0.1) is 5.41 Å². The lowest BCUT2D eigenvalue weighted by atomic mass is 9.77. The molecule has 0 saturated carbocycles. The van der Waals surface area contributed by atoms with E-state index >= 15 is 0 Å². The number of nitrogens with zero attached hydrogens (tertiary/aromatic N) is 2. The average Bonchev–Trinajstić information content (AvgIpc) is 2.40. The molecular weight excluding hydrogens is 222 g/mol. The van der Waals surface area contributed by atoms with Crippen LogP contribution in [-0.2, 0) is 0 Å². The van der Waals surface area contributed by atoms with Crippen molar-refractivity contribution in [1.82, 2.24) is 15.1 Å². The fourth-order valence-electron chi connectivity index (χ4n) is 3.67. The van der Waals surface area contributed by atoms with Gasteiger partial charge < -0.3 is 15.1 Å². The monoisotopic (exact) mass is 253 g/mol. The van der Waals surface area contributed by atoms with Crippen LogP contribution >= 0.6 is 0 Å². The van der Waals surface area contributed by atoms with Gasteiger partial charge in [-0.2, -0.15) is 0 Å². The van der Waals surface area contributed by atoms with Crippen molar-refractivity contribution in [3.63, 3.8) is 0 Å². The third kappa shape index (κ3) is 3.46. The Morgan fingerprint density at radius 1 is 1.33 bits per heavy atom. The molecule has 0 amide bonds. The van der Waals surface area contributed by atoms with Crippen molar-refractivity contribution < 1.29 is 0 Å². The molecule has 1 unspecified atom stereocenters. The highest BCUT2D eigenvalue weighted by Crippen LogP contribution is 2.32. The highest BCUT2D eigenvalue weighted by molar-refractivity contribution is 4.89. The molecule has 3 nitrogen and oxygen atoms in total. The van der Waals surface area contributed by atoms with Gasteiger partial charge in [-0.05, 0) is 71.2 Å². The van der Waals surface area contributed by atoms with Crippen LogP contribution in [0.2, 0.25) is 0 Å². The summed E-state index contributed by atoms with van der Waals surface area (Å²) < 4.78 is 0. The molecule has 0 radical (unpaired) electrons. The predicted octanol–water partition coefficient (Wildman–Crippen LogP) is 1.79. The Labute approximate surface area is 113 Å². The normalized spacial score (nSPS) is 32.0. The summed E-state index contributed by atoms with van der Waals surface area (Å²) in [4.78, 5) is 5.12. The zero-order valence-electron chi connectivity index (χ0n) is 12.5. The first kappa shape index (κ1) is 14.3. The standard InChI is InChI=1S/C15H31N3/c1-4-15(8-5-9-16-12-15)13-18(3)14-6-10-17(2)11-7-14/h14,16H,4-13H2,1-3H3. The second-order valence-electron chi connectivity index (χ2n) is 6.58. The van der Waals surface area contributed by atoms with Gasteiger partial charge in [-0.15, -0.1) is 0 Å². The van der Waals surface area contributed by atoms with Crippen molar-refractivity contribution >= 4 is 0 Å². The minimum absolute atomic E-state index is 0.538. The van der Waals surface area contributed by atoms with Crippen molar-refractivity contribution in [2.24, 2.45) is 5.41 Å². The molecule has 2 aliphatic heterocycles. The van der Waals surface area contributed by atoms with E-state index in [1.54, 1.807) is 0 Å². The van der Waals surface area contributed by atoms with Gasteiger partial charge in [-0.25, -0.2) is 0 Å². The first-order valence-corrected chi connectivity index (χ1v) is 7.75. The molecule has 18 heavy (non-hydrogen) atoms. The number of rotatable bonds is 4. The van der Waals surface area contributed by atoms with Crippen LogP contribution in [0.3, 0.4) is 0 Å². The molecule has 0 aromatic heterocycles. The highest BCUT2D eigenvalue weighted by atomic mass is 15.2. The molecule has 0 bridgehead atoms. The Morgan fingerprint density at radius 3 is 2.61 bits per heavy atom. The Hall–Kier alpha value is -0.120. The molecule has 0 aromatic carbocycles. The molecule has 3 heteroatoms. The third-order valence-corrected chi connectivity index (χ3v) is 5.21. The topological polar surface area (TPSA) is 18.5 Å². The minimum atomic E-state index is 0.538. The minimum Gasteiger partial charge on any atom is -0.316 e. The van der Waals surface area contributed by atoms with E-state index in [9.17, 15) is 0 Å². The van der Waals surface area contributed by atoms with Crippen molar-refractivity contribution in [2.45, 2.75) is 45.1 Å². The average molecular weight is 253 g/mol. The van der Waals surface area contributed by atoms with Crippen molar-refractivity contribution in [2.75, 3.05) is 46.8 Å². The number of nitrogens with one attached hydrogen (secondary N) is 1. The van der Waals surface area contributed by atoms with Crippen LogP contribution in [0.5, 0.6) is 0 Å². The quantitative estimate of drug-likeness (QED) is 0.824. The molecule has 0 spiro atoms. The largest absolute Gasteiger partial charge is 0.316 e. The van der Waals surface area contributed by atoms with Crippen LogP contribution in [-0.4, -0.2) is 62.7 Å². The Balaban J connectivity index is 1.86. The third-order valence-electron chi connectivity index (χ3n) is 5.21. The summed E-state index contributed by atoms with van der Waals surface area (Å²) in [5, 5.41) is 3.61. The summed E-state index contributed by atoms with van der Waals surface area (Å²) in [5.41, 5.74) is 0.538. The van der Waals surface area contributed by atoms with Gasteiger partial charge in [-0.1, -0.05) is 6.92 Å². The zero-order valence-corrected chi connectivity index (χ0v) is 12.5. The molecule has 1 atom stereocenters. The van der Waals surface area contributed by atoms with Gasteiger partial charge in [0.1, 0.15) is 0 Å². The molecule has 2 heterocycles. The maximum absolute atomic E-state index is 3.61. The van der Waals surface area contributed by atoms with Crippen LogP contribution < -0.4 is 5.32 Å². The van der Waals surface area contributed by atoms with Gasteiger partial charge in [-0.3, -0.25) is 0 Å². The number of likely N-dealkylation sites (tertiary alicyclic amines) is 1. The number of hydrogen-bond acceptors (Lipinski definition) is 3. The molecule has 0 aromatic rings. The van der Waals surface area contributed by atoms with E-state index in [0.29, 0.717) is 5.41 Å². The first-order valence-electron chi connectivity index (χ1n) is 7.75. The van der Waals surface area contributed by atoms with Crippen molar-refractivity contribution in [3.05, 3.63) is 0 Å². The van der Waals surface area contributed by atoms with Gasteiger partial charge in [0, 0.05) is 19.1 Å². The van der Waals surface area contributed by atoms with E-state index in [0.717, 1.165) is 6.04 Å². The van der Waals surface area contributed by atoms with E-state index in [1.807, 2.05) is 0 Å². The smallest absolute Gasteiger partial charge is 0.0117 e. The second kappa shape index (κ2) is 6.36. The lowest BCUT2D eigenvalue weighted by Crippen LogP contribution is -2.50. The summed E-state index contributed by atoms with van der Waals surface area (Å²) >= 11 is 0. The van der Waals surface area contributed by atoms with Gasteiger partial charge in [0.15, 0.2) is 0 Å². The zero-order chi connectivity index (χ0) is 13.0. The lowest BCUT2D eigenvalue weighted by Gasteiger charge is -2.43. The maximum atomic E-state index is 3.61. The summed E-state index contributed by atoms with van der Waals surface area (Å²) in [6, 6.07) is 0.812. The Bertz CT molecular complexity index is 240. The molecule has 2 fully saturated rings. The molecule has 2 aliphatic rings. The van der Waals surface area contributed by atoms with E-state index in [1.165, 1.54) is 64.8 Å². The van der Waals surface area contributed by atoms with Gasteiger partial charge >= 0.3 is 0 Å². The molecule has 0 aliphatic carbocycles. The second-order valence-corrected chi connectivity index (χ2v) is 6.58. The summed E-state index contributed by atoms with van der Waals surface area (Å²) in [6.07, 6.45) is 6.78. The Morgan fingerprint density at radius 2 is 2.06 bits per heavy atom. The van der Waals surface area contributed by atoms with Crippen LogP contribution in [0.25, 0.3) is 0 Å². The molecular formula is C15H31N3. The fourth-order valence-corrected chi connectivity index (χ4v) is 3.67. The fraction of sp³-hybridized carbons (Fsp3) is 1.00. The SMILES string of the molecule is CCC1(CN(C)C2CCN(C)CC2)CCCNC1. The van der Waals surface area contributed by atoms with Crippen molar-refractivity contribution in [1.29, 1.82) is 0 Å². The summed E-state index contributed by atoms with van der Waals surface area (Å²) in [5.74, 6) is 0. The van der Waals surface area contributed by atoms with E-state index in [-0.39, 0.29) is 0 Å². The number of piperidine rings is 2. The summed E-state index contributed by atoms with van der Waals surface area (Å²) in [6.45, 7) is 8.64. The molecule has 2 rings (SSSR count). The summed E-state index contributed by atoms with van der Waals surface area (Å²) in [7, 11) is 4.59. The van der Waals surface area contributed by atoms with Gasteiger partial charge in [0.05, 0.1) is 0 Å². The van der Waals surface area contributed by atoms with E-state index in [4.69, 9.17) is 0 Å². The molecule has 106 valence electrons. The van der Waals surface area contributed by atoms with E-state index < -0.39 is 0 Å². The first-order chi connectivity index (χ1) is 8.65. The van der Waals surface area contributed by atoms with Crippen LogP contribution in [0.15, 0.2) is 0 Å². The highest BCUT2D eigenvalue weighted by Gasteiger charge is 2.33. The number of hydrogen-bond donors (Lipinski definition) is 1. The predicted molar refractivity (Wildman–Crippen MR) is 78.0 cm³/mol. The Kier molecular flexibility index (Phi) is 5.05. The maximum Gasteiger partial charge on any atom is 0.0117 e. The van der Waals surface area contributed by atoms with Gasteiger partial charge in [0.2, 0.25) is 0 Å². The lowest BCUT2D eigenvalue weighted by molar-refractivity contribution is 0.0738. The van der Waals surface area contributed by atoms with Gasteiger partial charge in [0.25, 0.3) is 0 Å². The van der Waals surface area contributed by atoms with E-state index in [2.05, 4.69) is 36.1 Å². The van der Waals surface area contributed by atoms with Crippen LogP contribution in [0.1, 0.15) is 39.0 Å². The molecule has 2 saturated heterocycles. The van der Waals surface area contributed by atoms with Crippen LogP contribution in [0.4, 0.5) is 0 Å². The molecule has 1 N–H and O–H groups in total. The van der Waals surface area contributed by atoms with Crippen molar-refractivity contribution in [3.8, 4) is 0 Å².